The Hall–Kier alpha value is -1.82. The molecule has 0 aromatic carbocycles. The van der Waals surface area contributed by atoms with Crippen LogP contribution >= 0.6 is 11.6 Å². The molecule has 7 heteroatoms. The minimum absolute atomic E-state index is 0.0264. The van der Waals surface area contributed by atoms with E-state index in [0.29, 0.717) is 30.8 Å². The molecule has 2 amide bonds. The number of hydrogen-bond acceptors (Lipinski definition) is 4. The first kappa shape index (κ1) is 15.6. The summed E-state index contributed by atoms with van der Waals surface area (Å²) in [5.41, 5.74) is 0.463. The van der Waals surface area contributed by atoms with E-state index in [9.17, 15) is 9.59 Å². The highest BCUT2D eigenvalue weighted by Crippen LogP contribution is 2.15. The lowest BCUT2D eigenvalue weighted by Gasteiger charge is -2.23. The van der Waals surface area contributed by atoms with Crippen molar-refractivity contribution < 1.29 is 9.59 Å². The summed E-state index contributed by atoms with van der Waals surface area (Å²) in [7, 11) is 0. The number of carbonyl (C=O) groups excluding carboxylic acids is 2. The minimum atomic E-state index is -0.208. The Bertz CT molecular complexity index is 526. The summed E-state index contributed by atoms with van der Waals surface area (Å²) in [6, 6.07) is 3.17. The van der Waals surface area contributed by atoms with Gasteiger partial charge in [0, 0.05) is 31.1 Å². The molecule has 0 saturated carbocycles. The molecular formula is C14H19ClN4O2. The van der Waals surface area contributed by atoms with Gasteiger partial charge in [-0.15, -0.1) is 0 Å². The Morgan fingerprint density at radius 3 is 3.00 bits per heavy atom. The van der Waals surface area contributed by atoms with Crippen LogP contribution in [-0.2, 0) is 4.79 Å². The zero-order valence-electron chi connectivity index (χ0n) is 11.9. The second kappa shape index (κ2) is 7.26. The van der Waals surface area contributed by atoms with Gasteiger partial charge in [-0.25, -0.2) is 4.98 Å². The molecule has 2 heterocycles. The number of nitrogens with one attached hydrogen (secondary N) is 3. The molecule has 1 aromatic heterocycles. The molecule has 1 aromatic rings. The highest BCUT2D eigenvalue weighted by Gasteiger charge is 2.20. The van der Waals surface area contributed by atoms with Gasteiger partial charge in [0.1, 0.15) is 11.0 Å². The molecule has 2 rings (SSSR count). The van der Waals surface area contributed by atoms with Crippen LogP contribution < -0.4 is 16.0 Å². The molecule has 1 atom stereocenters. The van der Waals surface area contributed by atoms with Crippen LogP contribution in [0.1, 0.15) is 36.5 Å². The summed E-state index contributed by atoms with van der Waals surface area (Å²) < 4.78 is 0. The standard InChI is InChI=1S/C14H19ClN4O2/c1-2-5-16-12-7-9(6-11(15)19-12)14(21)18-10-3-4-13(20)17-8-10/h6-7,10H,2-5,8H2,1H3,(H,16,19)(H,17,20)(H,18,21). The molecule has 6 nitrogen and oxygen atoms in total. The van der Waals surface area contributed by atoms with Crippen molar-refractivity contribution in [1.29, 1.82) is 0 Å². The summed E-state index contributed by atoms with van der Waals surface area (Å²) in [5.74, 6) is 0.407. The number of pyridine rings is 1. The summed E-state index contributed by atoms with van der Waals surface area (Å²) in [6.07, 6.45) is 2.04. The predicted molar refractivity (Wildman–Crippen MR) is 81.5 cm³/mol. The summed E-state index contributed by atoms with van der Waals surface area (Å²) in [4.78, 5) is 27.5. The molecule has 0 aliphatic carbocycles. The lowest BCUT2D eigenvalue weighted by Crippen LogP contribution is -2.47. The number of carbonyl (C=O) groups is 2. The molecule has 1 unspecified atom stereocenters. The second-order valence-corrected chi connectivity index (χ2v) is 5.39. The highest BCUT2D eigenvalue weighted by atomic mass is 35.5. The molecule has 21 heavy (non-hydrogen) atoms. The molecule has 1 saturated heterocycles. The van der Waals surface area contributed by atoms with E-state index in [1.807, 2.05) is 6.92 Å². The molecule has 0 bridgehead atoms. The maximum absolute atomic E-state index is 12.2. The topological polar surface area (TPSA) is 83.1 Å². The average molecular weight is 311 g/mol. The maximum atomic E-state index is 12.2. The normalized spacial score (nSPS) is 18.0. The van der Waals surface area contributed by atoms with Crippen LogP contribution in [0.4, 0.5) is 5.82 Å². The van der Waals surface area contributed by atoms with Crippen molar-refractivity contribution in [2.75, 3.05) is 18.4 Å². The van der Waals surface area contributed by atoms with Gasteiger partial charge >= 0.3 is 0 Å². The molecular weight excluding hydrogens is 292 g/mol. The maximum Gasteiger partial charge on any atom is 0.251 e. The van der Waals surface area contributed by atoms with Gasteiger partial charge in [-0.2, -0.15) is 0 Å². The van der Waals surface area contributed by atoms with Gasteiger partial charge < -0.3 is 16.0 Å². The van der Waals surface area contributed by atoms with Crippen molar-refractivity contribution >= 4 is 29.2 Å². The van der Waals surface area contributed by atoms with E-state index in [4.69, 9.17) is 11.6 Å². The molecule has 0 radical (unpaired) electrons. The fourth-order valence-corrected chi connectivity index (χ4v) is 2.30. The Kier molecular flexibility index (Phi) is 5.38. The van der Waals surface area contributed by atoms with Gasteiger partial charge in [0.25, 0.3) is 5.91 Å². The van der Waals surface area contributed by atoms with Crippen LogP contribution in [0.2, 0.25) is 5.15 Å². The van der Waals surface area contributed by atoms with E-state index in [0.717, 1.165) is 13.0 Å². The third kappa shape index (κ3) is 4.60. The van der Waals surface area contributed by atoms with Crippen LogP contribution in [0.25, 0.3) is 0 Å². The van der Waals surface area contributed by atoms with Crippen LogP contribution in [0.15, 0.2) is 12.1 Å². The van der Waals surface area contributed by atoms with Crippen LogP contribution in [0.5, 0.6) is 0 Å². The number of anilines is 1. The Morgan fingerprint density at radius 1 is 1.52 bits per heavy atom. The van der Waals surface area contributed by atoms with E-state index >= 15 is 0 Å². The third-order valence-electron chi connectivity index (χ3n) is 3.21. The third-order valence-corrected chi connectivity index (χ3v) is 3.41. The van der Waals surface area contributed by atoms with Crippen molar-refractivity contribution in [2.24, 2.45) is 0 Å². The zero-order chi connectivity index (χ0) is 15.2. The van der Waals surface area contributed by atoms with Gasteiger partial charge in [-0.3, -0.25) is 9.59 Å². The fraction of sp³-hybridized carbons (Fsp3) is 0.500. The van der Waals surface area contributed by atoms with Crippen molar-refractivity contribution in [1.82, 2.24) is 15.6 Å². The van der Waals surface area contributed by atoms with Gasteiger partial charge in [-0.1, -0.05) is 18.5 Å². The molecule has 114 valence electrons. The smallest absolute Gasteiger partial charge is 0.251 e. The average Bonchev–Trinajstić information content (AvgIpc) is 2.47. The van der Waals surface area contributed by atoms with Gasteiger partial charge in [0.05, 0.1) is 0 Å². The molecule has 1 aliphatic heterocycles. The first-order valence-electron chi connectivity index (χ1n) is 7.07. The second-order valence-electron chi connectivity index (χ2n) is 5.00. The SMILES string of the molecule is CCCNc1cc(C(=O)NC2CCC(=O)NC2)cc(Cl)n1. The highest BCUT2D eigenvalue weighted by molar-refractivity contribution is 6.29. The summed E-state index contributed by atoms with van der Waals surface area (Å²) in [5, 5.41) is 9.02. The lowest BCUT2D eigenvalue weighted by molar-refractivity contribution is -0.122. The van der Waals surface area contributed by atoms with Crippen LogP contribution in [0, 0.1) is 0 Å². The van der Waals surface area contributed by atoms with Crippen molar-refractivity contribution in [2.45, 2.75) is 32.2 Å². The molecule has 3 N–H and O–H groups in total. The summed E-state index contributed by atoms with van der Waals surface area (Å²) in [6.45, 7) is 3.27. The fourth-order valence-electron chi connectivity index (χ4n) is 2.10. The lowest BCUT2D eigenvalue weighted by atomic mass is 10.1. The Morgan fingerprint density at radius 2 is 2.33 bits per heavy atom. The first-order chi connectivity index (χ1) is 10.1. The molecule has 1 aliphatic rings. The zero-order valence-corrected chi connectivity index (χ0v) is 12.7. The van der Waals surface area contributed by atoms with E-state index in [-0.39, 0.29) is 23.0 Å². The molecule has 1 fully saturated rings. The number of aromatic nitrogens is 1. The van der Waals surface area contributed by atoms with Crippen molar-refractivity contribution in [3.63, 3.8) is 0 Å². The van der Waals surface area contributed by atoms with E-state index < -0.39 is 0 Å². The van der Waals surface area contributed by atoms with E-state index in [2.05, 4.69) is 20.9 Å². The van der Waals surface area contributed by atoms with Crippen LogP contribution in [0.3, 0.4) is 0 Å². The van der Waals surface area contributed by atoms with Gasteiger partial charge in [0.2, 0.25) is 5.91 Å². The number of nitrogens with zero attached hydrogens (tertiary/aromatic N) is 1. The monoisotopic (exact) mass is 310 g/mol. The molecule has 0 spiro atoms. The Labute approximate surface area is 128 Å². The number of amides is 2. The van der Waals surface area contributed by atoms with E-state index in [1.165, 1.54) is 6.07 Å². The van der Waals surface area contributed by atoms with Crippen LogP contribution in [-0.4, -0.2) is 35.9 Å². The number of halogens is 1. The van der Waals surface area contributed by atoms with Gasteiger partial charge in [-0.05, 0) is 25.0 Å². The van der Waals surface area contributed by atoms with Crippen molar-refractivity contribution in [3.05, 3.63) is 22.8 Å². The number of piperidine rings is 1. The minimum Gasteiger partial charge on any atom is -0.370 e. The largest absolute Gasteiger partial charge is 0.370 e. The predicted octanol–water partition coefficient (Wildman–Crippen LogP) is 1.57. The number of rotatable bonds is 5. The quantitative estimate of drug-likeness (QED) is 0.721. The summed E-state index contributed by atoms with van der Waals surface area (Å²) >= 11 is 5.95. The Balaban J connectivity index is 2.01. The van der Waals surface area contributed by atoms with Gasteiger partial charge in [0.15, 0.2) is 0 Å². The van der Waals surface area contributed by atoms with E-state index in [1.54, 1.807) is 6.07 Å². The number of hydrogen-bond donors (Lipinski definition) is 3. The first-order valence-corrected chi connectivity index (χ1v) is 7.45. The van der Waals surface area contributed by atoms with Crippen molar-refractivity contribution in [3.8, 4) is 0 Å².